The van der Waals surface area contributed by atoms with Crippen molar-refractivity contribution in [1.82, 2.24) is 0 Å². The number of hydrogen-bond acceptors (Lipinski definition) is 3. The van der Waals surface area contributed by atoms with E-state index < -0.39 is 0 Å². The van der Waals surface area contributed by atoms with Gasteiger partial charge in [0.15, 0.2) is 5.78 Å². The van der Waals surface area contributed by atoms with Crippen LogP contribution in [0, 0.1) is 5.41 Å². The lowest BCUT2D eigenvalue weighted by atomic mass is 9.73. The number of rotatable bonds is 1. The Morgan fingerprint density at radius 3 is 2.54 bits per heavy atom. The summed E-state index contributed by atoms with van der Waals surface area (Å²) in [5.41, 5.74) is 4.47. The first kappa shape index (κ1) is 17.4. The van der Waals surface area contributed by atoms with E-state index in [1.807, 2.05) is 42.5 Å². The maximum absolute atomic E-state index is 13.1. The van der Waals surface area contributed by atoms with Crippen LogP contribution >= 0.6 is 23.2 Å². The molecule has 2 aliphatic rings. The molecule has 26 heavy (non-hydrogen) atoms. The molecule has 1 unspecified atom stereocenters. The van der Waals surface area contributed by atoms with Crippen molar-refractivity contribution >= 4 is 40.4 Å². The fraction of sp³-hybridized carbons (Fsp3) is 0.286. The first-order chi connectivity index (χ1) is 12.3. The van der Waals surface area contributed by atoms with Crippen molar-refractivity contribution in [3.63, 3.8) is 0 Å². The highest BCUT2D eigenvalue weighted by Crippen LogP contribution is 2.46. The zero-order valence-corrected chi connectivity index (χ0v) is 16.2. The zero-order valence-electron chi connectivity index (χ0n) is 14.7. The molecular weight excluding hydrogens is 367 g/mol. The SMILES string of the molecule is CC1(C)CC(=O)C2=C(C1)Nc1ccc(Cl)cc1NC2c1cccc(Cl)c1. The maximum Gasteiger partial charge on any atom is 0.163 e. The molecule has 0 saturated carbocycles. The second kappa shape index (κ2) is 6.33. The molecule has 4 rings (SSSR count). The van der Waals surface area contributed by atoms with Gasteiger partial charge in [0.2, 0.25) is 0 Å². The molecule has 5 heteroatoms. The summed E-state index contributed by atoms with van der Waals surface area (Å²) in [5, 5.41) is 8.31. The van der Waals surface area contributed by atoms with Gasteiger partial charge < -0.3 is 10.6 Å². The molecule has 1 aliphatic heterocycles. The van der Waals surface area contributed by atoms with Crippen molar-refractivity contribution in [3.05, 3.63) is 69.3 Å². The average molecular weight is 387 g/mol. The third-order valence-corrected chi connectivity index (χ3v) is 5.43. The quantitative estimate of drug-likeness (QED) is 0.611. The van der Waals surface area contributed by atoms with Crippen molar-refractivity contribution in [2.24, 2.45) is 5.41 Å². The van der Waals surface area contributed by atoms with Crippen LogP contribution in [-0.4, -0.2) is 5.78 Å². The average Bonchev–Trinajstić information content (AvgIpc) is 2.70. The van der Waals surface area contributed by atoms with Gasteiger partial charge >= 0.3 is 0 Å². The Hall–Kier alpha value is -1.97. The monoisotopic (exact) mass is 386 g/mol. The van der Waals surface area contributed by atoms with E-state index in [1.54, 1.807) is 0 Å². The Morgan fingerprint density at radius 2 is 1.77 bits per heavy atom. The number of halogens is 2. The third kappa shape index (κ3) is 3.22. The van der Waals surface area contributed by atoms with Gasteiger partial charge in [-0.3, -0.25) is 4.79 Å². The van der Waals surface area contributed by atoms with Gasteiger partial charge in [-0.1, -0.05) is 49.2 Å². The second-order valence-electron chi connectivity index (χ2n) is 7.78. The van der Waals surface area contributed by atoms with Crippen LogP contribution in [0.15, 0.2) is 53.7 Å². The van der Waals surface area contributed by atoms with E-state index in [1.165, 1.54) is 0 Å². The second-order valence-corrected chi connectivity index (χ2v) is 8.65. The van der Waals surface area contributed by atoms with Crippen LogP contribution in [-0.2, 0) is 4.79 Å². The van der Waals surface area contributed by atoms with Crippen LogP contribution in [0.2, 0.25) is 10.0 Å². The Balaban J connectivity index is 1.90. The van der Waals surface area contributed by atoms with E-state index in [-0.39, 0.29) is 17.2 Å². The molecule has 0 radical (unpaired) electrons. The Kier molecular flexibility index (Phi) is 4.25. The normalized spacial score (nSPS) is 21.2. The molecule has 1 atom stereocenters. The number of allylic oxidation sites excluding steroid dienone is 1. The molecule has 1 aliphatic carbocycles. The molecule has 0 spiro atoms. The molecule has 0 aromatic heterocycles. The molecule has 2 N–H and O–H groups in total. The van der Waals surface area contributed by atoms with Gasteiger partial charge in [0.05, 0.1) is 17.4 Å². The van der Waals surface area contributed by atoms with E-state index in [4.69, 9.17) is 23.2 Å². The number of ketones is 1. The van der Waals surface area contributed by atoms with Crippen LogP contribution in [0.3, 0.4) is 0 Å². The fourth-order valence-electron chi connectivity index (χ4n) is 3.85. The fourth-order valence-corrected chi connectivity index (χ4v) is 4.22. The molecule has 2 aromatic carbocycles. The highest BCUT2D eigenvalue weighted by Gasteiger charge is 2.38. The number of fused-ring (bicyclic) bond motifs is 1. The highest BCUT2D eigenvalue weighted by molar-refractivity contribution is 6.31. The van der Waals surface area contributed by atoms with Gasteiger partial charge in [-0.25, -0.2) is 0 Å². The van der Waals surface area contributed by atoms with Crippen molar-refractivity contribution in [2.75, 3.05) is 10.6 Å². The van der Waals surface area contributed by atoms with E-state index in [9.17, 15) is 4.79 Å². The number of hydrogen-bond donors (Lipinski definition) is 2. The molecule has 0 saturated heterocycles. The number of carbonyl (C=O) groups is 1. The molecule has 3 nitrogen and oxygen atoms in total. The maximum atomic E-state index is 13.1. The van der Waals surface area contributed by atoms with Crippen molar-refractivity contribution in [1.29, 1.82) is 0 Å². The van der Waals surface area contributed by atoms with Crippen LogP contribution in [0.4, 0.5) is 11.4 Å². The minimum atomic E-state index is -0.264. The van der Waals surface area contributed by atoms with Crippen LogP contribution in [0.5, 0.6) is 0 Å². The number of anilines is 2. The topological polar surface area (TPSA) is 41.1 Å². The highest BCUT2D eigenvalue weighted by atomic mass is 35.5. The minimum absolute atomic E-state index is 0.0707. The minimum Gasteiger partial charge on any atom is -0.372 e. The summed E-state index contributed by atoms with van der Waals surface area (Å²) >= 11 is 12.4. The molecule has 1 heterocycles. The lowest BCUT2D eigenvalue weighted by Gasteiger charge is -2.34. The summed E-state index contributed by atoms with van der Waals surface area (Å²) in [6, 6.07) is 13.1. The summed E-state index contributed by atoms with van der Waals surface area (Å²) in [6.45, 7) is 4.26. The number of benzene rings is 2. The summed E-state index contributed by atoms with van der Waals surface area (Å²) in [5.74, 6) is 0.167. The number of Topliss-reactive ketones (excluding diaryl/α,β-unsaturated/α-hetero) is 1. The van der Waals surface area contributed by atoms with Gasteiger partial charge in [-0.2, -0.15) is 0 Å². The van der Waals surface area contributed by atoms with Crippen LogP contribution < -0.4 is 10.6 Å². The number of nitrogens with one attached hydrogen (secondary N) is 2. The smallest absolute Gasteiger partial charge is 0.163 e. The van der Waals surface area contributed by atoms with Gasteiger partial charge in [-0.05, 0) is 47.7 Å². The van der Waals surface area contributed by atoms with Crippen molar-refractivity contribution in [2.45, 2.75) is 32.7 Å². The Morgan fingerprint density at radius 1 is 1.00 bits per heavy atom. The lowest BCUT2D eigenvalue weighted by Crippen LogP contribution is -2.31. The Labute approximate surface area is 163 Å². The van der Waals surface area contributed by atoms with Gasteiger partial charge in [0.1, 0.15) is 0 Å². The number of carbonyl (C=O) groups excluding carboxylic acids is 1. The van der Waals surface area contributed by atoms with Crippen molar-refractivity contribution in [3.8, 4) is 0 Å². The summed E-state index contributed by atoms with van der Waals surface area (Å²) in [7, 11) is 0. The standard InChI is InChI=1S/C21H20Cl2N2O/c1-21(2)10-17-19(18(26)11-21)20(12-4-3-5-13(22)8-12)25-16-9-14(23)6-7-15(16)24-17/h3-9,20,24-25H,10-11H2,1-2H3. The van der Waals surface area contributed by atoms with E-state index in [0.29, 0.717) is 16.5 Å². The predicted octanol–water partition coefficient (Wildman–Crippen LogP) is 6.22. The lowest BCUT2D eigenvalue weighted by molar-refractivity contribution is -0.118. The molecule has 0 amide bonds. The molecule has 0 bridgehead atoms. The first-order valence-corrected chi connectivity index (χ1v) is 9.43. The largest absolute Gasteiger partial charge is 0.372 e. The van der Waals surface area contributed by atoms with Gasteiger partial charge in [-0.15, -0.1) is 0 Å². The molecule has 2 aromatic rings. The van der Waals surface area contributed by atoms with E-state index >= 15 is 0 Å². The molecule has 134 valence electrons. The molecular formula is C21H20Cl2N2O. The summed E-state index contributed by atoms with van der Waals surface area (Å²) < 4.78 is 0. The zero-order chi connectivity index (χ0) is 18.5. The Bertz CT molecular complexity index is 933. The summed E-state index contributed by atoms with van der Waals surface area (Å²) in [4.78, 5) is 13.1. The van der Waals surface area contributed by atoms with E-state index in [2.05, 4.69) is 24.5 Å². The van der Waals surface area contributed by atoms with Gasteiger partial charge in [0, 0.05) is 27.7 Å². The first-order valence-electron chi connectivity index (χ1n) is 8.67. The van der Waals surface area contributed by atoms with Crippen molar-refractivity contribution < 1.29 is 4.79 Å². The summed E-state index contributed by atoms with van der Waals surface area (Å²) in [6.07, 6.45) is 1.35. The van der Waals surface area contributed by atoms with Gasteiger partial charge in [0.25, 0.3) is 0 Å². The molecule has 0 fully saturated rings. The predicted molar refractivity (Wildman–Crippen MR) is 108 cm³/mol. The van der Waals surface area contributed by atoms with E-state index in [0.717, 1.165) is 34.6 Å². The van der Waals surface area contributed by atoms with Crippen LogP contribution in [0.25, 0.3) is 0 Å². The third-order valence-electron chi connectivity index (χ3n) is 4.96. The van der Waals surface area contributed by atoms with Crippen LogP contribution in [0.1, 0.15) is 38.3 Å².